The van der Waals surface area contributed by atoms with Gasteiger partial charge >= 0.3 is 0 Å². The summed E-state index contributed by atoms with van der Waals surface area (Å²) in [5.74, 6) is 0.977. The highest BCUT2D eigenvalue weighted by molar-refractivity contribution is 7.01. The first-order chi connectivity index (χ1) is 34.4. The minimum atomic E-state index is -2.05. The van der Waals surface area contributed by atoms with Crippen LogP contribution in [0, 0.1) is 6.92 Å². The molecule has 0 amide bonds. The van der Waals surface area contributed by atoms with Gasteiger partial charge in [-0.3, -0.25) is 4.90 Å². The van der Waals surface area contributed by atoms with E-state index in [1.165, 1.54) is 112 Å². The Labute approximate surface area is 445 Å². The number of hydrogen-bond donors (Lipinski definition) is 0. The van der Waals surface area contributed by atoms with Gasteiger partial charge in [0.05, 0.1) is 13.8 Å². The summed E-state index contributed by atoms with van der Waals surface area (Å²) in [7, 11) is -2.05. The van der Waals surface area contributed by atoms with Crippen molar-refractivity contribution in [3.8, 4) is 11.1 Å². The van der Waals surface area contributed by atoms with Crippen LogP contribution in [0.2, 0.25) is 18.6 Å². The first-order valence-electron chi connectivity index (χ1n) is 28.4. The molecule has 3 aliphatic carbocycles. The molecule has 1 aromatic heterocycles. The highest BCUT2D eigenvalue weighted by Gasteiger charge is 2.54. The number of hydrogen-bond acceptors (Lipinski definition) is 3. The number of nitrogens with zero attached hydrogens (tertiary/aromatic N) is 2. The molecule has 0 spiro atoms. The summed E-state index contributed by atoms with van der Waals surface area (Å²) < 4.78 is 7.71. The van der Waals surface area contributed by atoms with Gasteiger partial charge in [0.15, 0.2) is 0 Å². The smallest absolute Gasteiger partial charge is 0.257 e. The van der Waals surface area contributed by atoms with Crippen LogP contribution in [-0.4, -0.2) is 14.8 Å². The zero-order valence-corrected chi connectivity index (χ0v) is 49.2. The molecule has 0 radical (unpaired) electrons. The first-order valence-corrected chi connectivity index (χ1v) is 31.5. The van der Waals surface area contributed by atoms with Crippen LogP contribution in [0.25, 0.3) is 22.1 Å². The van der Waals surface area contributed by atoms with E-state index in [2.05, 4.69) is 231 Å². The third-order valence-electron chi connectivity index (χ3n) is 21.0. The third kappa shape index (κ3) is 6.56. The van der Waals surface area contributed by atoms with Gasteiger partial charge in [0.25, 0.3) is 6.71 Å². The molecule has 3 nitrogen and oxygen atoms in total. The van der Waals surface area contributed by atoms with Crippen molar-refractivity contribution in [2.45, 2.75) is 199 Å². The van der Waals surface area contributed by atoms with Gasteiger partial charge in [-0.1, -0.05) is 165 Å². The molecule has 380 valence electrons. The molecule has 0 fully saturated rings. The highest BCUT2D eigenvalue weighted by Crippen LogP contribution is 2.59. The Morgan fingerprint density at radius 2 is 1.12 bits per heavy atom. The SMILES string of the molecule is Cc1cc2c3c(c1)N(c1ccc4c(c1)C(C)(C)CCC4(C)C)c1oc4cc5c(cc4c1B3c1cc3c4cc1N2c1ccc(C(C)(C)C)cc1-c1ccc(cc1)[Si](C)(C)C(CC3(C)C)C4(C)C)C(C)(C)CCC5(C)C. The number of benzene rings is 6. The van der Waals surface area contributed by atoms with Crippen LogP contribution in [0.15, 0.2) is 101 Å². The molecule has 7 aliphatic rings. The number of rotatable bonds is 1. The molecular weight excluding hydrogens is 912 g/mol. The number of fused-ring (bicyclic) bond motifs is 9. The Hall–Kier alpha value is -5.26. The van der Waals surface area contributed by atoms with Crippen LogP contribution in [-0.2, 0) is 37.9 Å². The van der Waals surface area contributed by atoms with Crippen LogP contribution in [0.1, 0.15) is 180 Å². The van der Waals surface area contributed by atoms with Crippen LogP contribution in [0.5, 0.6) is 0 Å². The predicted molar refractivity (Wildman–Crippen MR) is 321 cm³/mol. The van der Waals surface area contributed by atoms with Crippen molar-refractivity contribution >= 4 is 81.7 Å². The third-order valence-corrected chi connectivity index (χ3v) is 25.4. The maximum absolute atomic E-state index is 7.71. The normalized spacial score (nSPS) is 22.2. The van der Waals surface area contributed by atoms with E-state index in [1.807, 2.05) is 0 Å². The molecule has 74 heavy (non-hydrogen) atoms. The summed E-state index contributed by atoms with van der Waals surface area (Å²) in [6.07, 6.45) is 5.83. The minimum absolute atomic E-state index is 0.0248. The first kappa shape index (κ1) is 48.4. The molecule has 5 bridgehead atoms. The maximum Gasteiger partial charge on any atom is 0.257 e. The fourth-order valence-electron chi connectivity index (χ4n) is 16.0. The monoisotopic (exact) mass is 993 g/mol. The molecule has 0 saturated carbocycles. The van der Waals surface area contributed by atoms with E-state index in [9.17, 15) is 0 Å². The largest absolute Gasteiger partial charge is 0.440 e. The zero-order chi connectivity index (χ0) is 52.6. The van der Waals surface area contributed by atoms with Gasteiger partial charge in [-0.2, -0.15) is 0 Å². The van der Waals surface area contributed by atoms with Crippen LogP contribution in [0.3, 0.4) is 0 Å². The average Bonchev–Trinajstić information content (AvgIpc) is 3.70. The van der Waals surface area contributed by atoms with Crippen molar-refractivity contribution in [2.75, 3.05) is 9.80 Å². The van der Waals surface area contributed by atoms with Crippen molar-refractivity contribution in [3.63, 3.8) is 0 Å². The molecule has 5 heteroatoms. The molecule has 14 rings (SSSR count). The maximum atomic E-state index is 7.71. The second-order valence-electron chi connectivity index (χ2n) is 29.9. The summed E-state index contributed by atoms with van der Waals surface area (Å²) in [5.41, 5.74) is 26.0. The zero-order valence-electron chi connectivity index (χ0n) is 48.2. The summed E-state index contributed by atoms with van der Waals surface area (Å²) in [4.78, 5) is 5.31. The summed E-state index contributed by atoms with van der Waals surface area (Å²) in [5, 5.41) is 2.82. The van der Waals surface area contributed by atoms with Crippen LogP contribution >= 0.6 is 0 Å². The lowest BCUT2D eigenvalue weighted by molar-refractivity contribution is 0.325. The molecule has 6 aromatic carbocycles. The Morgan fingerprint density at radius 1 is 0.541 bits per heavy atom. The van der Waals surface area contributed by atoms with E-state index < -0.39 is 8.07 Å². The van der Waals surface area contributed by atoms with Crippen molar-refractivity contribution in [2.24, 2.45) is 0 Å². The van der Waals surface area contributed by atoms with E-state index in [1.54, 1.807) is 5.19 Å². The molecule has 0 N–H and O–H groups in total. The van der Waals surface area contributed by atoms with Gasteiger partial charge in [-0.25, -0.2) is 0 Å². The quantitative estimate of drug-likeness (QED) is 0.153. The lowest BCUT2D eigenvalue weighted by atomic mass is 9.33. The fourth-order valence-corrected chi connectivity index (χ4v) is 20.4. The minimum Gasteiger partial charge on any atom is -0.440 e. The van der Waals surface area contributed by atoms with E-state index in [4.69, 9.17) is 4.42 Å². The summed E-state index contributed by atoms with van der Waals surface area (Å²) >= 11 is 0. The molecule has 1 atom stereocenters. The van der Waals surface area contributed by atoms with E-state index >= 15 is 0 Å². The number of furan rings is 1. The molecule has 7 aromatic rings. The van der Waals surface area contributed by atoms with E-state index in [0.717, 1.165) is 37.2 Å². The molecular formula is C69H81BN2OSi. The number of anilines is 6. The molecule has 0 saturated heterocycles. The van der Waals surface area contributed by atoms with Gasteiger partial charge in [0, 0.05) is 39.2 Å². The second kappa shape index (κ2) is 14.8. The average molecular weight is 993 g/mol. The lowest BCUT2D eigenvalue weighted by Gasteiger charge is -2.54. The number of aryl methyl sites for hydroxylation is 1. The van der Waals surface area contributed by atoms with E-state index in [-0.39, 0.29) is 44.6 Å². The molecule has 5 heterocycles. The van der Waals surface area contributed by atoms with E-state index in [0.29, 0.717) is 5.54 Å². The second-order valence-corrected chi connectivity index (χ2v) is 34.6. The van der Waals surface area contributed by atoms with Gasteiger partial charge in [0.1, 0.15) is 5.58 Å². The van der Waals surface area contributed by atoms with Gasteiger partial charge in [-0.05, 0) is 198 Å². The standard InChI is InChI=1S/C69H81BN2OSi/c1-40-31-56-61-57(32-40)72-54-26-21-42(63(2,3)4)33-45(54)41-19-23-44(24-20-41)74(17,18)59-39-68(13,14)50-36-53(55(72)37-52(50)69(59,15)16)70(61)60-46-35-49-51(67(11,12)30-29-66(49,9)10)38-58(46)73-62(60)71(56)43-22-25-47-48(34-43)65(7,8)28-27-64(47,5)6/h19-26,31-38,59H,27-30,39H2,1-18H3. The Kier molecular flexibility index (Phi) is 9.68. The van der Waals surface area contributed by atoms with Crippen LogP contribution < -0.4 is 31.4 Å². The van der Waals surface area contributed by atoms with Gasteiger partial charge < -0.3 is 9.32 Å². The van der Waals surface area contributed by atoms with Crippen molar-refractivity contribution in [1.82, 2.24) is 0 Å². The van der Waals surface area contributed by atoms with Crippen molar-refractivity contribution in [3.05, 3.63) is 142 Å². The molecule has 4 aliphatic heterocycles. The predicted octanol–water partition coefficient (Wildman–Crippen LogP) is 16.7. The van der Waals surface area contributed by atoms with Gasteiger partial charge in [-0.15, -0.1) is 0 Å². The summed E-state index contributed by atoms with van der Waals surface area (Å²) in [6, 6.07) is 40.5. The Balaban J connectivity index is 1.20. The Morgan fingerprint density at radius 3 is 1.76 bits per heavy atom. The summed E-state index contributed by atoms with van der Waals surface area (Å²) in [6.45, 7) is 44.7. The fraction of sp³-hybridized carbons (Fsp3) is 0.449. The van der Waals surface area contributed by atoms with Gasteiger partial charge in [0.2, 0.25) is 5.88 Å². The molecule has 1 unspecified atom stereocenters. The van der Waals surface area contributed by atoms with Crippen LogP contribution in [0.4, 0.5) is 34.3 Å². The van der Waals surface area contributed by atoms with Crippen molar-refractivity contribution < 1.29 is 4.42 Å². The Bertz CT molecular complexity index is 3590. The van der Waals surface area contributed by atoms with Crippen molar-refractivity contribution in [1.29, 1.82) is 0 Å². The lowest BCUT2D eigenvalue weighted by Crippen LogP contribution is -2.62. The highest BCUT2D eigenvalue weighted by atomic mass is 28.3. The topological polar surface area (TPSA) is 19.6 Å².